The molecule has 2 aromatic rings. The molecule has 0 radical (unpaired) electrons. The number of hydrogen-bond acceptors (Lipinski definition) is 4. The van der Waals surface area contributed by atoms with Crippen molar-refractivity contribution in [2.45, 2.75) is 31.5 Å². The van der Waals surface area contributed by atoms with E-state index in [4.69, 9.17) is 4.74 Å². The molecule has 1 N–H and O–H groups in total. The van der Waals surface area contributed by atoms with Crippen LogP contribution in [-0.4, -0.2) is 23.7 Å². The number of thiophene rings is 1. The fourth-order valence-electron chi connectivity index (χ4n) is 2.60. The topological polar surface area (TPSA) is 51.2 Å². The van der Waals surface area contributed by atoms with Crippen molar-refractivity contribution in [1.29, 1.82) is 0 Å². The predicted octanol–water partition coefficient (Wildman–Crippen LogP) is 4.07. The molecule has 1 aliphatic carbocycles. The Hall–Kier alpha value is -2.09. The Morgan fingerprint density at radius 1 is 1.40 bits per heavy atom. The number of pyridine rings is 1. The van der Waals surface area contributed by atoms with Crippen LogP contribution in [-0.2, 0) is 4.79 Å². The van der Waals surface area contributed by atoms with E-state index in [1.165, 1.54) is 6.07 Å². The van der Waals surface area contributed by atoms with Gasteiger partial charge in [-0.05, 0) is 37.6 Å². The number of hydrogen-bond donors (Lipinski definition) is 1. The fourth-order valence-corrected chi connectivity index (χ4v) is 3.45. The molecule has 0 spiro atoms. The van der Waals surface area contributed by atoms with Gasteiger partial charge >= 0.3 is 6.18 Å². The summed E-state index contributed by atoms with van der Waals surface area (Å²) in [7, 11) is 0. The van der Waals surface area contributed by atoms with Crippen LogP contribution in [0, 0.1) is 5.92 Å². The van der Waals surface area contributed by atoms with Crippen LogP contribution in [0.1, 0.15) is 35.9 Å². The minimum atomic E-state index is -4.36. The molecule has 0 bridgehead atoms. The lowest BCUT2D eigenvalue weighted by Crippen LogP contribution is -2.28. The van der Waals surface area contributed by atoms with E-state index < -0.39 is 12.8 Å². The third kappa shape index (κ3) is 4.72. The molecule has 4 nitrogen and oxygen atoms in total. The molecular weight excluding hydrogens is 353 g/mol. The van der Waals surface area contributed by atoms with Gasteiger partial charge in [-0.15, -0.1) is 11.3 Å². The molecule has 1 aliphatic rings. The maximum absolute atomic E-state index is 12.3. The highest BCUT2D eigenvalue weighted by Gasteiger charge is 2.45. The molecule has 0 aliphatic heterocycles. The second-order valence-corrected chi connectivity index (χ2v) is 7.07. The molecule has 3 rings (SSSR count). The maximum atomic E-state index is 12.3. The number of carbonyl (C=O) groups is 1. The van der Waals surface area contributed by atoms with Crippen molar-refractivity contribution in [3.8, 4) is 5.06 Å². The van der Waals surface area contributed by atoms with Gasteiger partial charge in [0.2, 0.25) is 5.91 Å². The molecular formula is C17H17F3N2O2S. The van der Waals surface area contributed by atoms with Crippen LogP contribution in [0.25, 0.3) is 0 Å². The first-order chi connectivity index (χ1) is 11.8. The summed E-state index contributed by atoms with van der Waals surface area (Å²) in [5.74, 6) is -0.0185. The Morgan fingerprint density at radius 3 is 2.88 bits per heavy atom. The van der Waals surface area contributed by atoms with Crippen molar-refractivity contribution in [3.63, 3.8) is 0 Å². The highest BCUT2D eigenvalue weighted by atomic mass is 32.1. The summed E-state index contributed by atoms with van der Waals surface area (Å²) in [5, 5.41) is 3.10. The van der Waals surface area contributed by atoms with Gasteiger partial charge in [0, 0.05) is 28.6 Å². The number of halogens is 3. The molecule has 8 heteroatoms. The lowest BCUT2D eigenvalue weighted by atomic mass is 10.2. The van der Waals surface area contributed by atoms with Crippen LogP contribution in [0.15, 0.2) is 36.5 Å². The van der Waals surface area contributed by atoms with Crippen molar-refractivity contribution >= 4 is 17.2 Å². The fraction of sp³-hybridized carbons (Fsp3) is 0.412. The lowest BCUT2D eigenvalue weighted by molar-refractivity contribution is -0.152. The molecule has 2 heterocycles. The Labute approximate surface area is 147 Å². The third-order valence-corrected chi connectivity index (χ3v) is 5.14. The van der Waals surface area contributed by atoms with Gasteiger partial charge < -0.3 is 10.1 Å². The number of carbonyl (C=O) groups excluding carboxylic acids is 1. The van der Waals surface area contributed by atoms with Crippen LogP contribution in [0.3, 0.4) is 0 Å². The first-order valence-corrected chi connectivity index (χ1v) is 8.66. The van der Waals surface area contributed by atoms with Crippen molar-refractivity contribution in [2.24, 2.45) is 5.92 Å². The SMILES string of the molecule is CC(NC(=O)[C@H]1C[C@@H]1c1ccccn1)c1ccc(OCC(F)(F)F)s1. The van der Waals surface area contributed by atoms with Crippen LogP contribution >= 0.6 is 11.3 Å². The first kappa shape index (κ1) is 17.7. The summed E-state index contributed by atoms with van der Waals surface area (Å²) >= 11 is 1.10. The Kier molecular flexibility index (Phi) is 4.99. The number of nitrogens with one attached hydrogen (secondary N) is 1. The van der Waals surface area contributed by atoms with Gasteiger partial charge in [-0.3, -0.25) is 9.78 Å². The Balaban J connectivity index is 1.52. The van der Waals surface area contributed by atoms with Gasteiger partial charge in [-0.2, -0.15) is 13.2 Å². The molecule has 1 saturated carbocycles. The van der Waals surface area contributed by atoms with Crippen molar-refractivity contribution in [2.75, 3.05) is 6.61 Å². The standard InChI is InChI=1S/C17H17F3N2O2S/c1-10(14-5-6-15(25-14)24-9-17(18,19)20)22-16(23)12-8-11(12)13-4-2-3-7-21-13/h2-7,10-12H,8-9H2,1H3,(H,22,23)/t10?,11-,12-/m0/s1. The molecule has 1 amide bonds. The zero-order valence-electron chi connectivity index (χ0n) is 13.4. The Bertz CT molecular complexity index is 733. The zero-order valence-corrected chi connectivity index (χ0v) is 14.2. The summed E-state index contributed by atoms with van der Waals surface area (Å²) in [5.41, 5.74) is 0.911. The third-order valence-electron chi connectivity index (χ3n) is 3.96. The highest BCUT2D eigenvalue weighted by molar-refractivity contribution is 7.13. The smallest absolute Gasteiger partial charge is 0.422 e. The van der Waals surface area contributed by atoms with E-state index in [9.17, 15) is 18.0 Å². The predicted molar refractivity (Wildman–Crippen MR) is 87.5 cm³/mol. The van der Waals surface area contributed by atoms with Gasteiger partial charge in [-0.1, -0.05) is 6.07 Å². The van der Waals surface area contributed by atoms with E-state index in [1.54, 1.807) is 19.2 Å². The van der Waals surface area contributed by atoms with Gasteiger partial charge in [0.15, 0.2) is 11.7 Å². The molecule has 134 valence electrons. The van der Waals surface area contributed by atoms with E-state index in [0.717, 1.165) is 28.3 Å². The molecule has 2 aromatic heterocycles. The van der Waals surface area contributed by atoms with E-state index in [1.807, 2.05) is 18.2 Å². The van der Waals surface area contributed by atoms with E-state index >= 15 is 0 Å². The average molecular weight is 370 g/mol. The van der Waals surface area contributed by atoms with E-state index in [0.29, 0.717) is 0 Å². The van der Waals surface area contributed by atoms with Gasteiger partial charge in [0.25, 0.3) is 0 Å². The number of aromatic nitrogens is 1. The minimum Gasteiger partial charge on any atom is -0.475 e. The van der Waals surface area contributed by atoms with Gasteiger partial charge in [0.05, 0.1) is 6.04 Å². The number of rotatable bonds is 6. The van der Waals surface area contributed by atoms with Crippen molar-refractivity contribution < 1.29 is 22.7 Å². The maximum Gasteiger partial charge on any atom is 0.422 e. The van der Waals surface area contributed by atoms with Crippen molar-refractivity contribution in [3.05, 3.63) is 47.1 Å². The van der Waals surface area contributed by atoms with E-state index in [-0.39, 0.29) is 28.8 Å². The first-order valence-electron chi connectivity index (χ1n) is 7.84. The molecule has 0 saturated heterocycles. The molecule has 25 heavy (non-hydrogen) atoms. The van der Waals surface area contributed by atoms with E-state index in [2.05, 4.69) is 10.3 Å². The van der Waals surface area contributed by atoms with Crippen LogP contribution < -0.4 is 10.1 Å². The van der Waals surface area contributed by atoms with Crippen LogP contribution in [0.2, 0.25) is 0 Å². The molecule has 0 aromatic carbocycles. The quantitative estimate of drug-likeness (QED) is 0.834. The van der Waals surface area contributed by atoms with Crippen molar-refractivity contribution in [1.82, 2.24) is 10.3 Å². The monoisotopic (exact) mass is 370 g/mol. The number of nitrogens with zero attached hydrogens (tertiary/aromatic N) is 1. The second kappa shape index (κ2) is 7.03. The summed E-state index contributed by atoms with van der Waals surface area (Å²) in [4.78, 5) is 17.3. The minimum absolute atomic E-state index is 0.0608. The average Bonchev–Trinajstić information content (AvgIpc) is 3.23. The normalized spacial score (nSPS) is 20.8. The summed E-state index contributed by atoms with van der Waals surface area (Å²) in [6.45, 7) is 0.483. The van der Waals surface area contributed by atoms with Crippen LogP contribution in [0.5, 0.6) is 5.06 Å². The Morgan fingerprint density at radius 2 is 2.20 bits per heavy atom. The second-order valence-electron chi connectivity index (χ2n) is 5.99. The highest BCUT2D eigenvalue weighted by Crippen LogP contribution is 2.47. The summed E-state index contributed by atoms with van der Waals surface area (Å²) in [6, 6.07) is 8.51. The lowest BCUT2D eigenvalue weighted by Gasteiger charge is -2.12. The van der Waals surface area contributed by atoms with Crippen LogP contribution in [0.4, 0.5) is 13.2 Å². The largest absolute Gasteiger partial charge is 0.475 e. The number of ether oxygens (including phenoxy) is 1. The zero-order chi connectivity index (χ0) is 18.0. The summed E-state index contributed by atoms with van der Waals surface area (Å²) < 4.78 is 41.2. The molecule has 3 atom stereocenters. The molecule has 1 fully saturated rings. The number of amides is 1. The van der Waals surface area contributed by atoms with Gasteiger partial charge in [-0.25, -0.2) is 0 Å². The van der Waals surface area contributed by atoms with Gasteiger partial charge in [0.1, 0.15) is 0 Å². The number of alkyl halides is 3. The summed E-state index contributed by atoms with van der Waals surface area (Å²) in [6.07, 6.45) is -1.89. The molecule has 1 unspecified atom stereocenters.